The van der Waals surface area contributed by atoms with E-state index in [0.29, 0.717) is 15.0 Å². The predicted molar refractivity (Wildman–Crippen MR) is 83.0 cm³/mol. The highest BCUT2D eigenvalue weighted by molar-refractivity contribution is 9.10. The Labute approximate surface area is 128 Å². The first-order chi connectivity index (χ1) is 8.90. The number of rotatable bonds is 4. The number of thiocarbonyl (C=S) groups is 1. The van der Waals surface area contributed by atoms with Gasteiger partial charge in [0.15, 0.2) is 0 Å². The van der Waals surface area contributed by atoms with E-state index in [-0.39, 0.29) is 9.20 Å². The Hall–Kier alpha value is -1.03. The molecule has 5 nitrogen and oxygen atoms in total. The number of thiophene rings is 1. The summed E-state index contributed by atoms with van der Waals surface area (Å²) in [5.74, 6) is 0. The average molecular weight is 378 g/mol. The molecule has 0 unspecified atom stereocenters. The van der Waals surface area contributed by atoms with Gasteiger partial charge in [-0.25, -0.2) is 8.42 Å². The minimum atomic E-state index is -3.65. The van der Waals surface area contributed by atoms with Crippen LogP contribution in [0, 0.1) is 0 Å². The van der Waals surface area contributed by atoms with E-state index in [2.05, 4.69) is 25.6 Å². The van der Waals surface area contributed by atoms with Gasteiger partial charge < -0.3 is 5.73 Å². The highest BCUT2D eigenvalue weighted by Crippen LogP contribution is 2.27. The molecule has 0 amide bonds. The summed E-state index contributed by atoms with van der Waals surface area (Å²) in [5.41, 5.74) is 5.87. The lowest BCUT2D eigenvalue weighted by Gasteiger charge is -2.07. The maximum Gasteiger partial charge on any atom is 0.271 e. The summed E-state index contributed by atoms with van der Waals surface area (Å²) in [6.45, 7) is 0. The fraction of sp³-hybridized carbons (Fsp3) is 0. The van der Waals surface area contributed by atoms with Crippen molar-refractivity contribution in [1.29, 1.82) is 0 Å². The largest absolute Gasteiger partial charge is 0.389 e. The summed E-state index contributed by atoms with van der Waals surface area (Å²) in [7, 11) is -3.65. The van der Waals surface area contributed by atoms with E-state index in [0.717, 1.165) is 11.3 Å². The van der Waals surface area contributed by atoms with Crippen molar-refractivity contribution in [3.63, 3.8) is 0 Å². The van der Waals surface area contributed by atoms with Crippen LogP contribution in [0.5, 0.6) is 0 Å². The van der Waals surface area contributed by atoms with Gasteiger partial charge in [-0.3, -0.25) is 9.71 Å². The second-order valence-corrected chi connectivity index (χ2v) is 7.73. The van der Waals surface area contributed by atoms with E-state index in [1.165, 1.54) is 18.5 Å². The van der Waals surface area contributed by atoms with Gasteiger partial charge in [0.25, 0.3) is 10.0 Å². The number of aromatic nitrogens is 1. The molecule has 0 aromatic carbocycles. The van der Waals surface area contributed by atoms with Gasteiger partial charge in [0, 0.05) is 12.4 Å². The Morgan fingerprint density at radius 2 is 2.16 bits per heavy atom. The van der Waals surface area contributed by atoms with Crippen molar-refractivity contribution in [3.05, 3.63) is 39.9 Å². The number of anilines is 1. The van der Waals surface area contributed by atoms with Crippen LogP contribution in [-0.2, 0) is 10.0 Å². The number of nitrogens with two attached hydrogens (primary N) is 1. The zero-order chi connectivity index (χ0) is 14.0. The number of pyridine rings is 1. The van der Waals surface area contributed by atoms with Crippen LogP contribution in [0.4, 0.5) is 5.69 Å². The number of halogens is 1. The molecule has 0 bridgehead atoms. The quantitative estimate of drug-likeness (QED) is 0.798. The average Bonchev–Trinajstić information content (AvgIpc) is 2.82. The molecule has 0 aliphatic carbocycles. The van der Waals surface area contributed by atoms with Crippen LogP contribution in [-0.4, -0.2) is 18.4 Å². The molecule has 100 valence electrons. The van der Waals surface area contributed by atoms with Crippen molar-refractivity contribution in [2.24, 2.45) is 5.73 Å². The smallest absolute Gasteiger partial charge is 0.271 e. The van der Waals surface area contributed by atoms with Gasteiger partial charge >= 0.3 is 0 Å². The molecule has 2 aromatic rings. The van der Waals surface area contributed by atoms with Crippen LogP contribution in [0.15, 0.2) is 39.3 Å². The van der Waals surface area contributed by atoms with Crippen LogP contribution in [0.1, 0.15) is 4.88 Å². The molecule has 2 rings (SSSR count). The second kappa shape index (κ2) is 5.53. The number of nitrogens with one attached hydrogen (secondary N) is 1. The van der Waals surface area contributed by atoms with Crippen molar-refractivity contribution in [1.82, 2.24) is 4.98 Å². The van der Waals surface area contributed by atoms with Crippen LogP contribution in [0.25, 0.3) is 0 Å². The van der Waals surface area contributed by atoms with Crippen LogP contribution < -0.4 is 10.5 Å². The normalized spacial score (nSPS) is 11.2. The predicted octanol–water partition coefficient (Wildman–Crippen LogP) is 2.34. The first kappa shape index (κ1) is 14.4. The Kier molecular flexibility index (Phi) is 4.19. The molecule has 2 aromatic heterocycles. The summed E-state index contributed by atoms with van der Waals surface area (Å²) in [5, 5.41) is 0. The van der Waals surface area contributed by atoms with Crippen molar-refractivity contribution < 1.29 is 8.42 Å². The molecule has 2 heterocycles. The molecule has 9 heteroatoms. The summed E-state index contributed by atoms with van der Waals surface area (Å²) in [6.07, 6.45) is 3.00. The Bertz CT molecular complexity index is 727. The third-order valence-corrected chi connectivity index (χ3v) is 6.06. The molecular formula is C10H8BrN3O2S3. The van der Waals surface area contributed by atoms with Crippen molar-refractivity contribution in [2.75, 3.05) is 4.72 Å². The number of hydrogen-bond acceptors (Lipinski definition) is 5. The minimum absolute atomic E-state index is 0.152. The van der Waals surface area contributed by atoms with Gasteiger partial charge in [0.1, 0.15) is 9.20 Å². The Morgan fingerprint density at radius 3 is 2.74 bits per heavy atom. The number of hydrogen-bond donors (Lipinski definition) is 2. The topological polar surface area (TPSA) is 85.1 Å². The van der Waals surface area contributed by atoms with Crippen molar-refractivity contribution in [3.8, 4) is 0 Å². The van der Waals surface area contributed by atoms with Gasteiger partial charge in [0.05, 0.1) is 15.0 Å². The molecular weight excluding hydrogens is 370 g/mol. The highest BCUT2D eigenvalue weighted by Gasteiger charge is 2.18. The molecule has 0 radical (unpaired) electrons. The summed E-state index contributed by atoms with van der Waals surface area (Å²) in [4.78, 5) is 4.60. The molecule has 0 atom stereocenters. The first-order valence-electron chi connectivity index (χ1n) is 4.92. The van der Waals surface area contributed by atoms with Gasteiger partial charge in [-0.15, -0.1) is 11.3 Å². The van der Waals surface area contributed by atoms with Crippen LogP contribution in [0.2, 0.25) is 0 Å². The van der Waals surface area contributed by atoms with E-state index < -0.39 is 10.0 Å². The van der Waals surface area contributed by atoms with Crippen molar-refractivity contribution >= 4 is 60.2 Å². The van der Waals surface area contributed by atoms with Crippen molar-refractivity contribution in [2.45, 2.75) is 4.21 Å². The SMILES string of the molecule is NC(=S)c1ccc(S(=O)(=O)Nc2ccncc2Br)s1. The standard InChI is InChI=1S/C10H8BrN3O2S3/c11-6-5-13-4-3-7(6)14-19(15,16)9-2-1-8(18-9)10(12)17/h1-5H,(H2,12,17)(H,13,14). The molecule has 0 saturated carbocycles. The molecule has 19 heavy (non-hydrogen) atoms. The van der Waals surface area contributed by atoms with E-state index in [1.54, 1.807) is 12.1 Å². The molecule has 0 aliphatic rings. The number of sulfonamides is 1. The highest BCUT2D eigenvalue weighted by atomic mass is 79.9. The fourth-order valence-corrected chi connectivity index (χ4v) is 4.16. The zero-order valence-corrected chi connectivity index (χ0v) is 13.4. The third kappa shape index (κ3) is 3.30. The van der Waals surface area contributed by atoms with E-state index >= 15 is 0 Å². The van der Waals surface area contributed by atoms with Crippen LogP contribution in [0.3, 0.4) is 0 Å². The second-order valence-electron chi connectivity index (χ2n) is 3.44. The Balaban J connectivity index is 2.32. The Morgan fingerprint density at radius 1 is 1.42 bits per heavy atom. The maximum absolute atomic E-state index is 12.2. The summed E-state index contributed by atoms with van der Waals surface area (Å²) < 4.78 is 27.5. The minimum Gasteiger partial charge on any atom is -0.389 e. The lowest BCUT2D eigenvalue weighted by atomic mass is 10.4. The van der Waals surface area contributed by atoms with E-state index in [9.17, 15) is 8.42 Å². The first-order valence-corrected chi connectivity index (χ1v) is 8.42. The van der Waals surface area contributed by atoms with Gasteiger partial charge in [0.2, 0.25) is 0 Å². The maximum atomic E-state index is 12.2. The van der Waals surface area contributed by atoms with Gasteiger partial charge in [-0.2, -0.15) is 0 Å². The number of nitrogens with zero attached hydrogens (tertiary/aromatic N) is 1. The van der Waals surface area contributed by atoms with Gasteiger partial charge in [-0.1, -0.05) is 12.2 Å². The fourth-order valence-electron chi connectivity index (χ4n) is 1.25. The lowest BCUT2D eigenvalue weighted by molar-refractivity contribution is 0.603. The molecule has 0 spiro atoms. The zero-order valence-electron chi connectivity index (χ0n) is 9.33. The summed E-state index contributed by atoms with van der Waals surface area (Å²) in [6, 6.07) is 4.61. The molecule has 0 aliphatic heterocycles. The van der Waals surface area contributed by atoms with Crippen LogP contribution >= 0.6 is 39.5 Å². The molecule has 0 saturated heterocycles. The monoisotopic (exact) mass is 377 g/mol. The van der Waals surface area contributed by atoms with Gasteiger partial charge in [-0.05, 0) is 34.1 Å². The van der Waals surface area contributed by atoms with E-state index in [4.69, 9.17) is 18.0 Å². The van der Waals surface area contributed by atoms with E-state index in [1.807, 2.05) is 0 Å². The molecule has 3 N–H and O–H groups in total. The summed E-state index contributed by atoms with van der Waals surface area (Å²) >= 11 is 9.05. The molecule has 0 fully saturated rings. The lowest BCUT2D eigenvalue weighted by Crippen LogP contribution is -2.12. The third-order valence-electron chi connectivity index (χ3n) is 2.11.